The Morgan fingerprint density at radius 2 is 1.31 bits per heavy atom. The molecular formula is C36H52N2O4. The number of piperidine rings is 2. The van der Waals surface area contributed by atoms with Gasteiger partial charge in [0.25, 0.3) is 0 Å². The van der Waals surface area contributed by atoms with Crippen LogP contribution in [-0.2, 0) is 14.3 Å². The van der Waals surface area contributed by atoms with Crippen LogP contribution in [0.5, 0.6) is 0 Å². The van der Waals surface area contributed by atoms with E-state index in [0.717, 1.165) is 94.8 Å². The lowest BCUT2D eigenvalue weighted by Gasteiger charge is -2.30. The lowest BCUT2D eigenvalue weighted by atomic mass is 9.83. The number of carboxylic acids is 1. The van der Waals surface area contributed by atoms with Gasteiger partial charge in [0.2, 0.25) is 0 Å². The van der Waals surface area contributed by atoms with Crippen LogP contribution in [0.25, 0.3) is 0 Å². The third-order valence-electron chi connectivity index (χ3n) is 9.68. The van der Waals surface area contributed by atoms with Gasteiger partial charge in [-0.2, -0.15) is 0 Å². The maximum atomic E-state index is 12.7. The van der Waals surface area contributed by atoms with Crippen LogP contribution < -0.4 is 10.6 Å². The number of aliphatic carboxylic acids is 1. The number of hydrogen-bond acceptors (Lipinski definition) is 5. The van der Waals surface area contributed by atoms with E-state index in [2.05, 4.69) is 60.9 Å². The number of carbonyl (C=O) groups is 2. The molecule has 0 spiro atoms. The van der Waals surface area contributed by atoms with Gasteiger partial charge in [0.15, 0.2) is 0 Å². The van der Waals surface area contributed by atoms with Crippen LogP contribution in [0.2, 0.25) is 0 Å². The van der Waals surface area contributed by atoms with Crippen molar-refractivity contribution in [1.82, 2.24) is 10.6 Å². The molecule has 2 aliphatic rings. The largest absolute Gasteiger partial charge is 0.481 e. The molecule has 42 heavy (non-hydrogen) atoms. The highest BCUT2D eigenvalue weighted by molar-refractivity contribution is 5.79. The lowest BCUT2D eigenvalue weighted by molar-refractivity contribution is -0.143. The number of hydrogen-bond donors (Lipinski definition) is 3. The number of benzene rings is 2. The van der Waals surface area contributed by atoms with Gasteiger partial charge >= 0.3 is 11.9 Å². The molecule has 0 aliphatic carbocycles. The number of carbonyl (C=O) groups excluding carboxylic acids is 1. The second kappa shape index (κ2) is 16.2. The highest BCUT2D eigenvalue weighted by atomic mass is 16.5. The van der Waals surface area contributed by atoms with Gasteiger partial charge in [0, 0.05) is 12.1 Å². The van der Waals surface area contributed by atoms with Crippen LogP contribution in [-0.4, -0.2) is 49.3 Å². The third-order valence-corrected chi connectivity index (χ3v) is 9.68. The number of nitrogens with one attached hydrogen (secondary N) is 2. The zero-order valence-corrected chi connectivity index (χ0v) is 25.9. The van der Waals surface area contributed by atoms with Crippen molar-refractivity contribution in [2.75, 3.05) is 20.2 Å². The zero-order chi connectivity index (χ0) is 29.9. The molecule has 0 saturated carbocycles. The fraction of sp³-hybridized carbons (Fsp3) is 0.611. The van der Waals surface area contributed by atoms with Crippen molar-refractivity contribution < 1.29 is 19.4 Å². The molecule has 230 valence electrons. The molecule has 2 saturated heterocycles. The summed E-state index contributed by atoms with van der Waals surface area (Å²) >= 11 is 0. The topological polar surface area (TPSA) is 87.7 Å². The molecule has 0 aromatic heterocycles. The van der Waals surface area contributed by atoms with E-state index < -0.39 is 11.9 Å². The van der Waals surface area contributed by atoms with E-state index in [1.165, 1.54) is 18.2 Å². The molecule has 0 bridgehead atoms. The normalized spacial score (nSPS) is 22.1. The summed E-state index contributed by atoms with van der Waals surface area (Å²) in [5.41, 5.74) is 4.58. The Hall–Kier alpha value is -2.70. The smallest absolute Gasteiger partial charge is 0.314 e. The monoisotopic (exact) mass is 576 g/mol. The fourth-order valence-electron chi connectivity index (χ4n) is 7.20. The molecule has 0 amide bonds. The van der Waals surface area contributed by atoms with Gasteiger partial charge in [-0.3, -0.25) is 9.59 Å². The standard InChI is InChI=1S/C36H52N2O4/c1-4-10-27(28-17-21-30(22-18-28)34(36(41)42-3)32-14-6-8-24-38-32)12-9-11-25(2)26-15-19-29(20-16-26)33(35(39)40)31-13-5-7-23-37-31/h15-22,25,27,31-34,37-38H,4-14,23-24H2,1-3H3,(H,39,40)/t25-,27+,31?,32?,33?,34?/m0/s1. The van der Waals surface area contributed by atoms with Crippen LogP contribution in [0, 0.1) is 0 Å². The van der Waals surface area contributed by atoms with Crippen molar-refractivity contribution in [3.8, 4) is 0 Å². The molecule has 6 nitrogen and oxygen atoms in total. The first-order valence-electron chi connectivity index (χ1n) is 16.4. The molecule has 4 unspecified atom stereocenters. The average Bonchev–Trinajstić information content (AvgIpc) is 3.02. The van der Waals surface area contributed by atoms with Crippen molar-refractivity contribution in [3.63, 3.8) is 0 Å². The number of rotatable bonds is 14. The van der Waals surface area contributed by atoms with Gasteiger partial charge < -0.3 is 20.5 Å². The second-order valence-electron chi connectivity index (χ2n) is 12.6. The highest BCUT2D eigenvalue weighted by Crippen LogP contribution is 2.33. The van der Waals surface area contributed by atoms with Crippen molar-refractivity contribution in [3.05, 3.63) is 70.8 Å². The summed E-state index contributed by atoms with van der Waals surface area (Å²) in [7, 11) is 1.49. The number of methoxy groups -OCH3 is 1. The molecule has 2 aromatic carbocycles. The molecule has 2 aliphatic heterocycles. The summed E-state index contributed by atoms with van der Waals surface area (Å²) in [6.07, 6.45) is 12.1. The van der Waals surface area contributed by atoms with Gasteiger partial charge in [-0.25, -0.2) is 0 Å². The van der Waals surface area contributed by atoms with Crippen molar-refractivity contribution in [1.29, 1.82) is 0 Å². The molecule has 6 atom stereocenters. The number of esters is 1. The molecule has 2 fully saturated rings. The van der Waals surface area contributed by atoms with E-state index >= 15 is 0 Å². The van der Waals surface area contributed by atoms with E-state index in [1.54, 1.807) is 0 Å². The van der Waals surface area contributed by atoms with E-state index in [1.807, 2.05) is 12.1 Å². The van der Waals surface area contributed by atoms with Crippen LogP contribution in [0.4, 0.5) is 0 Å². The minimum absolute atomic E-state index is 0.0133. The number of ether oxygens (including phenoxy) is 1. The summed E-state index contributed by atoms with van der Waals surface area (Å²) in [4.78, 5) is 24.8. The zero-order valence-electron chi connectivity index (χ0n) is 25.9. The third kappa shape index (κ3) is 8.44. The van der Waals surface area contributed by atoms with Crippen LogP contribution in [0.15, 0.2) is 48.5 Å². The molecule has 0 radical (unpaired) electrons. The minimum Gasteiger partial charge on any atom is -0.481 e. The summed E-state index contributed by atoms with van der Waals surface area (Å²) < 4.78 is 5.20. The second-order valence-corrected chi connectivity index (χ2v) is 12.6. The first-order chi connectivity index (χ1) is 20.4. The molecule has 2 heterocycles. The average molecular weight is 577 g/mol. The van der Waals surface area contributed by atoms with E-state index in [4.69, 9.17) is 4.74 Å². The highest BCUT2D eigenvalue weighted by Gasteiger charge is 2.32. The SMILES string of the molecule is CCC[C@H](CCC[C@H](C)c1ccc(C(C(=O)O)C2CCCCN2)cc1)c1ccc(C(C(=O)OC)C2CCCCN2)cc1. The van der Waals surface area contributed by atoms with Crippen LogP contribution in [0.3, 0.4) is 0 Å². The predicted molar refractivity (Wildman–Crippen MR) is 169 cm³/mol. The van der Waals surface area contributed by atoms with Crippen molar-refractivity contribution in [2.45, 2.75) is 120 Å². The van der Waals surface area contributed by atoms with E-state index in [9.17, 15) is 14.7 Å². The Morgan fingerprint density at radius 1 is 0.786 bits per heavy atom. The maximum absolute atomic E-state index is 12.7. The maximum Gasteiger partial charge on any atom is 0.314 e. The van der Waals surface area contributed by atoms with Gasteiger partial charge in [-0.1, -0.05) is 88.1 Å². The summed E-state index contributed by atoms with van der Waals surface area (Å²) in [5, 5.41) is 16.9. The summed E-state index contributed by atoms with van der Waals surface area (Å²) in [6.45, 7) is 6.39. The minimum atomic E-state index is -0.739. The Kier molecular flexibility index (Phi) is 12.4. The van der Waals surface area contributed by atoms with Crippen LogP contribution >= 0.6 is 0 Å². The van der Waals surface area contributed by atoms with Gasteiger partial charge in [0.1, 0.15) is 0 Å². The molecule has 4 rings (SSSR count). The molecule has 3 N–H and O–H groups in total. The number of carboxylic acid groups (broad SMARTS) is 1. The molecular weight excluding hydrogens is 524 g/mol. The molecule has 6 heteroatoms. The summed E-state index contributed by atoms with van der Waals surface area (Å²) in [6, 6.07) is 17.3. The Labute approximate surface area is 253 Å². The lowest BCUT2D eigenvalue weighted by Crippen LogP contribution is -2.42. The van der Waals surface area contributed by atoms with Crippen LogP contribution in [0.1, 0.15) is 130 Å². The fourth-order valence-corrected chi connectivity index (χ4v) is 7.20. The first kappa shape index (κ1) is 32.2. The Morgan fingerprint density at radius 3 is 1.81 bits per heavy atom. The van der Waals surface area contributed by atoms with Crippen molar-refractivity contribution in [2.24, 2.45) is 0 Å². The van der Waals surface area contributed by atoms with Gasteiger partial charge in [-0.15, -0.1) is 0 Å². The first-order valence-corrected chi connectivity index (χ1v) is 16.4. The van der Waals surface area contributed by atoms with E-state index in [0.29, 0.717) is 11.8 Å². The van der Waals surface area contributed by atoms with Crippen molar-refractivity contribution >= 4 is 11.9 Å². The Bertz CT molecular complexity index is 1100. The van der Waals surface area contributed by atoms with Gasteiger partial charge in [0.05, 0.1) is 18.9 Å². The predicted octanol–water partition coefficient (Wildman–Crippen LogP) is 7.25. The molecule has 2 aromatic rings. The van der Waals surface area contributed by atoms with Gasteiger partial charge in [-0.05, 0) is 92.1 Å². The quantitative estimate of drug-likeness (QED) is 0.205. The van der Waals surface area contributed by atoms with E-state index in [-0.39, 0.29) is 24.0 Å². The Balaban J connectivity index is 1.35. The summed E-state index contributed by atoms with van der Waals surface area (Å²) in [5.74, 6) is -0.718.